The third-order valence-electron chi connectivity index (χ3n) is 3.70. The summed E-state index contributed by atoms with van der Waals surface area (Å²) in [6.45, 7) is 0.269. The smallest absolute Gasteiger partial charge is 0.417 e. The zero-order valence-electron chi connectivity index (χ0n) is 11.7. The van der Waals surface area contributed by atoms with Crippen LogP contribution in [0.4, 0.5) is 13.2 Å². The molecule has 4 rings (SSSR count). The minimum atomic E-state index is -4.47. The molecule has 0 spiro atoms. The van der Waals surface area contributed by atoms with E-state index in [1.807, 2.05) is 24.3 Å². The first-order chi connectivity index (χ1) is 11.1. The molecule has 3 aromatic rings. The molecule has 1 aliphatic heterocycles. The number of fused-ring (bicyclic) bond motifs is 3. The van der Waals surface area contributed by atoms with Gasteiger partial charge in [0.2, 0.25) is 5.88 Å². The van der Waals surface area contributed by atoms with E-state index in [-0.39, 0.29) is 23.7 Å². The summed E-state index contributed by atoms with van der Waals surface area (Å²) in [5, 5.41) is 7.90. The Morgan fingerprint density at radius 1 is 1.00 bits per heavy atom. The summed E-state index contributed by atoms with van der Waals surface area (Å²) in [5.41, 5.74) is 0.955. The van der Waals surface area contributed by atoms with Crippen LogP contribution in [0.3, 0.4) is 0 Å². The lowest BCUT2D eigenvalue weighted by Crippen LogP contribution is -2.13. The summed E-state index contributed by atoms with van der Waals surface area (Å²) in [7, 11) is 0. The molecule has 0 radical (unpaired) electrons. The molecule has 2 heterocycles. The molecule has 0 saturated heterocycles. The lowest BCUT2D eigenvalue weighted by Gasteiger charge is -2.19. The molecule has 0 atom stereocenters. The van der Waals surface area contributed by atoms with E-state index in [1.165, 1.54) is 22.9 Å². The maximum atomic E-state index is 13.2. The fourth-order valence-electron chi connectivity index (χ4n) is 2.65. The van der Waals surface area contributed by atoms with Crippen LogP contribution in [0.15, 0.2) is 48.5 Å². The Bertz CT molecular complexity index is 886. The molecule has 4 nitrogen and oxygen atoms in total. The Hall–Kier alpha value is -2.83. The second-order valence-electron chi connectivity index (χ2n) is 5.12. The van der Waals surface area contributed by atoms with Gasteiger partial charge in [-0.25, -0.2) is 0 Å². The van der Waals surface area contributed by atoms with Crippen LogP contribution in [0.1, 0.15) is 11.1 Å². The molecule has 0 fully saturated rings. The second-order valence-corrected chi connectivity index (χ2v) is 5.12. The van der Waals surface area contributed by atoms with Gasteiger partial charge in [-0.3, -0.25) is 0 Å². The predicted molar refractivity (Wildman–Crippen MR) is 76.1 cm³/mol. The van der Waals surface area contributed by atoms with Crippen molar-refractivity contribution in [1.82, 2.24) is 15.0 Å². The van der Waals surface area contributed by atoms with Gasteiger partial charge in [-0.15, -0.1) is 5.10 Å². The van der Waals surface area contributed by atoms with Crippen LogP contribution in [-0.2, 0) is 12.8 Å². The number of alkyl halides is 3. The SMILES string of the molecule is FC(F)(F)c1ccccc1-c1nnn2c1OCc1ccccc1-2. The molecule has 7 heteroatoms. The molecule has 0 saturated carbocycles. The van der Waals surface area contributed by atoms with Crippen molar-refractivity contribution in [3.05, 3.63) is 59.7 Å². The molecule has 116 valence electrons. The number of nitrogens with zero attached hydrogens (tertiary/aromatic N) is 3. The summed E-state index contributed by atoms with van der Waals surface area (Å²) in [5.74, 6) is 0.223. The number of ether oxygens (including phenoxy) is 1. The van der Waals surface area contributed by atoms with Crippen molar-refractivity contribution in [1.29, 1.82) is 0 Å². The van der Waals surface area contributed by atoms with Gasteiger partial charge in [0.05, 0.1) is 11.3 Å². The van der Waals surface area contributed by atoms with E-state index in [0.717, 1.165) is 17.3 Å². The molecular formula is C16H10F3N3O. The maximum absolute atomic E-state index is 13.2. The Balaban J connectivity index is 1.91. The fourth-order valence-corrected chi connectivity index (χ4v) is 2.65. The molecule has 2 aromatic carbocycles. The highest BCUT2D eigenvalue weighted by molar-refractivity contribution is 5.70. The summed E-state index contributed by atoms with van der Waals surface area (Å²) < 4.78 is 46.7. The highest BCUT2D eigenvalue weighted by Crippen LogP contribution is 2.41. The fraction of sp³-hybridized carbons (Fsp3) is 0.125. The van der Waals surface area contributed by atoms with E-state index in [1.54, 1.807) is 0 Å². The Kier molecular flexibility index (Phi) is 2.90. The van der Waals surface area contributed by atoms with E-state index in [4.69, 9.17) is 4.74 Å². The average molecular weight is 317 g/mol. The van der Waals surface area contributed by atoms with Crippen LogP contribution >= 0.6 is 0 Å². The van der Waals surface area contributed by atoms with Crippen molar-refractivity contribution in [3.63, 3.8) is 0 Å². The van der Waals surface area contributed by atoms with Gasteiger partial charge in [-0.05, 0) is 12.1 Å². The Morgan fingerprint density at radius 3 is 2.57 bits per heavy atom. The van der Waals surface area contributed by atoms with Crippen molar-refractivity contribution in [2.45, 2.75) is 12.8 Å². The third kappa shape index (κ3) is 2.16. The molecule has 0 unspecified atom stereocenters. The van der Waals surface area contributed by atoms with Crippen LogP contribution in [0, 0.1) is 0 Å². The van der Waals surface area contributed by atoms with E-state index < -0.39 is 11.7 Å². The van der Waals surface area contributed by atoms with Gasteiger partial charge < -0.3 is 4.74 Å². The normalized spacial score (nSPS) is 13.2. The highest BCUT2D eigenvalue weighted by atomic mass is 19.4. The number of benzene rings is 2. The highest BCUT2D eigenvalue weighted by Gasteiger charge is 2.36. The van der Waals surface area contributed by atoms with Crippen LogP contribution in [0.2, 0.25) is 0 Å². The van der Waals surface area contributed by atoms with Crippen molar-refractivity contribution < 1.29 is 17.9 Å². The molecule has 1 aliphatic rings. The minimum Gasteiger partial charge on any atom is -0.471 e. The summed E-state index contributed by atoms with van der Waals surface area (Å²) in [6, 6.07) is 12.7. The predicted octanol–water partition coefficient (Wildman–Crippen LogP) is 3.85. The lowest BCUT2D eigenvalue weighted by molar-refractivity contribution is -0.137. The molecule has 1 aromatic heterocycles. The maximum Gasteiger partial charge on any atom is 0.417 e. The van der Waals surface area contributed by atoms with Gasteiger partial charge in [0, 0.05) is 11.1 Å². The van der Waals surface area contributed by atoms with Crippen LogP contribution in [-0.4, -0.2) is 15.0 Å². The van der Waals surface area contributed by atoms with Crippen molar-refractivity contribution in [2.24, 2.45) is 0 Å². The zero-order valence-corrected chi connectivity index (χ0v) is 11.7. The summed E-state index contributed by atoms with van der Waals surface area (Å²) >= 11 is 0. The van der Waals surface area contributed by atoms with Crippen LogP contribution in [0.5, 0.6) is 5.88 Å². The summed E-state index contributed by atoms with van der Waals surface area (Å²) in [4.78, 5) is 0. The van der Waals surface area contributed by atoms with E-state index >= 15 is 0 Å². The first-order valence-electron chi connectivity index (χ1n) is 6.89. The largest absolute Gasteiger partial charge is 0.471 e. The average Bonchev–Trinajstić information content (AvgIpc) is 2.98. The van der Waals surface area contributed by atoms with Gasteiger partial charge in [0.15, 0.2) is 5.69 Å². The zero-order chi connectivity index (χ0) is 16.0. The van der Waals surface area contributed by atoms with Gasteiger partial charge in [0.25, 0.3) is 0 Å². The van der Waals surface area contributed by atoms with Gasteiger partial charge >= 0.3 is 6.18 Å². The number of hydrogen-bond donors (Lipinski definition) is 0. The van der Waals surface area contributed by atoms with Crippen LogP contribution < -0.4 is 4.74 Å². The Labute approximate surface area is 129 Å². The van der Waals surface area contributed by atoms with Crippen molar-refractivity contribution >= 4 is 0 Å². The Morgan fingerprint density at radius 2 is 1.74 bits per heavy atom. The number of rotatable bonds is 1. The van der Waals surface area contributed by atoms with Gasteiger partial charge in [-0.2, -0.15) is 17.9 Å². The van der Waals surface area contributed by atoms with Crippen molar-refractivity contribution in [3.8, 4) is 22.8 Å². The second kappa shape index (κ2) is 4.84. The van der Waals surface area contributed by atoms with Crippen molar-refractivity contribution in [2.75, 3.05) is 0 Å². The van der Waals surface area contributed by atoms with E-state index in [9.17, 15) is 13.2 Å². The van der Waals surface area contributed by atoms with Gasteiger partial charge in [0.1, 0.15) is 6.61 Å². The van der Waals surface area contributed by atoms with E-state index in [2.05, 4.69) is 10.3 Å². The molecule has 0 bridgehead atoms. The minimum absolute atomic E-state index is 0.0411. The first-order valence-corrected chi connectivity index (χ1v) is 6.89. The molecule has 0 aliphatic carbocycles. The molecule has 0 N–H and O–H groups in total. The van der Waals surface area contributed by atoms with E-state index in [0.29, 0.717) is 0 Å². The molecular weight excluding hydrogens is 307 g/mol. The van der Waals surface area contributed by atoms with Crippen LogP contribution in [0.25, 0.3) is 16.9 Å². The standard InChI is InChI=1S/C16H10F3N3O/c17-16(18,19)12-7-3-2-6-11(12)14-15-22(21-20-14)13-8-4-1-5-10(13)9-23-15/h1-8H,9H2. The molecule has 23 heavy (non-hydrogen) atoms. The molecule has 0 amide bonds. The topological polar surface area (TPSA) is 39.9 Å². The van der Waals surface area contributed by atoms with Gasteiger partial charge in [-0.1, -0.05) is 41.6 Å². The number of para-hydroxylation sites is 1. The lowest BCUT2D eigenvalue weighted by atomic mass is 10.0. The monoisotopic (exact) mass is 317 g/mol. The number of aromatic nitrogens is 3. The summed E-state index contributed by atoms with van der Waals surface area (Å²) in [6.07, 6.45) is -4.47. The number of hydrogen-bond acceptors (Lipinski definition) is 3. The number of halogens is 3. The quantitative estimate of drug-likeness (QED) is 0.684. The third-order valence-corrected chi connectivity index (χ3v) is 3.70. The first kappa shape index (κ1) is 13.8.